The van der Waals surface area contributed by atoms with Crippen LogP contribution < -0.4 is 16.0 Å². The molecule has 2 aromatic carbocycles. The van der Waals surface area contributed by atoms with Crippen molar-refractivity contribution in [1.29, 1.82) is 0 Å². The molecular weight excluding hydrogens is 462 g/mol. The highest BCUT2D eigenvalue weighted by Crippen LogP contribution is 2.41. The van der Waals surface area contributed by atoms with E-state index in [1.807, 2.05) is 67.3 Å². The molecule has 2 aliphatic rings. The molecule has 0 radical (unpaired) electrons. The van der Waals surface area contributed by atoms with E-state index >= 15 is 0 Å². The molecule has 1 fully saturated rings. The number of anilines is 1. The van der Waals surface area contributed by atoms with Crippen molar-refractivity contribution in [3.8, 4) is 11.1 Å². The van der Waals surface area contributed by atoms with E-state index in [2.05, 4.69) is 11.9 Å². The average Bonchev–Trinajstić information content (AvgIpc) is 2.94. The highest BCUT2D eigenvalue weighted by Gasteiger charge is 2.39. The number of hydrogen-bond donors (Lipinski definition) is 2. The van der Waals surface area contributed by atoms with Gasteiger partial charge < -0.3 is 16.0 Å². The Kier molecular flexibility index (Phi) is 8.47. The van der Waals surface area contributed by atoms with Gasteiger partial charge in [-0.05, 0) is 48.3 Å². The molecule has 3 N–H and O–H groups in total. The van der Waals surface area contributed by atoms with Crippen LogP contribution in [0.5, 0.6) is 0 Å². The number of nitrogens with two attached hydrogens (primary N) is 1. The lowest BCUT2D eigenvalue weighted by Gasteiger charge is -2.32. The highest BCUT2D eigenvalue weighted by molar-refractivity contribution is 6.06. The molecule has 6 nitrogen and oxygen atoms in total. The Morgan fingerprint density at radius 1 is 1.08 bits per heavy atom. The normalized spacial score (nSPS) is 18.7. The minimum absolute atomic E-state index is 0.146. The first-order valence-electron chi connectivity index (χ1n) is 13.5. The monoisotopic (exact) mass is 501 g/mol. The van der Waals surface area contributed by atoms with E-state index < -0.39 is 23.8 Å². The summed E-state index contributed by atoms with van der Waals surface area (Å²) in [6, 6.07) is 14.9. The van der Waals surface area contributed by atoms with E-state index in [9.17, 15) is 14.4 Å². The fourth-order valence-corrected chi connectivity index (χ4v) is 5.67. The van der Waals surface area contributed by atoms with Crippen LogP contribution in [-0.4, -0.2) is 24.3 Å². The number of hydrogen-bond acceptors (Lipinski definition) is 3. The summed E-state index contributed by atoms with van der Waals surface area (Å²) < 4.78 is 0. The Balaban J connectivity index is 1.72. The molecule has 2 aromatic rings. The Morgan fingerprint density at radius 2 is 1.76 bits per heavy atom. The van der Waals surface area contributed by atoms with Crippen LogP contribution in [0, 0.1) is 23.7 Å². The van der Waals surface area contributed by atoms with Crippen molar-refractivity contribution < 1.29 is 14.4 Å². The second-order valence-electron chi connectivity index (χ2n) is 10.9. The number of carbonyl (C=O) groups excluding carboxylic acids is 3. The Morgan fingerprint density at radius 3 is 2.38 bits per heavy atom. The van der Waals surface area contributed by atoms with Gasteiger partial charge in [0.05, 0.1) is 17.5 Å². The maximum absolute atomic E-state index is 14.2. The van der Waals surface area contributed by atoms with Crippen LogP contribution in [0.2, 0.25) is 0 Å². The van der Waals surface area contributed by atoms with Gasteiger partial charge in [-0.3, -0.25) is 14.4 Å². The Bertz CT molecular complexity index is 1150. The van der Waals surface area contributed by atoms with Crippen LogP contribution in [0.25, 0.3) is 11.1 Å². The zero-order chi connectivity index (χ0) is 26.5. The molecule has 1 unspecified atom stereocenters. The van der Waals surface area contributed by atoms with Gasteiger partial charge in [0.25, 0.3) is 5.91 Å². The van der Waals surface area contributed by atoms with Gasteiger partial charge in [-0.2, -0.15) is 0 Å². The third kappa shape index (κ3) is 5.79. The average molecular weight is 502 g/mol. The van der Waals surface area contributed by atoms with E-state index in [0.29, 0.717) is 25.3 Å². The maximum Gasteiger partial charge on any atom is 0.254 e. The third-order valence-electron chi connectivity index (χ3n) is 7.88. The van der Waals surface area contributed by atoms with Gasteiger partial charge in [-0.25, -0.2) is 0 Å². The van der Waals surface area contributed by atoms with Gasteiger partial charge in [0.15, 0.2) is 0 Å². The maximum atomic E-state index is 14.2. The summed E-state index contributed by atoms with van der Waals surface area (Å²) in [4.78, 5) is 42.2. The fourth-order valence-electron chi connectivity index (χ4n) is 5.67. The SMILES string of the molecule is C=CC[C@H](C(N)=O)[C@@H](CC(C)C)C(=O)NC1C(=O)N(CCC2CCC2)c2ccccc2-c2ccccc21. The van der Waals surface area contributed by atoms with Crippen LogP contribution in [0.3, 0.4) is 0 Å². The van der Waals surface area contributed by atoms with E-state index in [0.717, 1.165) is 28.8 Å². The summed E-state index contributed by atoms with van der Waals surface area (Å²) in [5, 5.41) is 3.07. The number of para-hydroxylation sites is 1. The summed E-state index contributed by atoms with van der Waals surface area (Å²) in [6.45, 7) is 8.38. The summed E-state index contributed by atoms with van der Waals surface area (Å²) in [5.74, 6) is -1.51. The van der Waals surface area contributed by atoms with Crippen molar-refractivity contribution in [3.05, 3.63) is 66.7 Å². The largest absolute Gasteiger partial charge is 0.369 e. The first kappa shape index (κ1) is 26.6. The highest BCUT2D eigenvalue weighted by atomic mass is 16.2. The summed E-state index contributed by atoms with van der Waals surface area (Å²) >= 11 is 0. The molecule has 1 aliphatic heterocycles. The van der Waals surface area contributed by atoms with E-state index in [-0.39, 0.29) is 17.7 Å². The van der Waals surface area contributed by atoms with E-state index in [4.69, 9.17) is 5.73 Å². The molecule has 6 heteroatoms. The molecule has 0 bridgehead atoms. The van der Waals surface area contributed by atoms with Crippen LogP contribution in [0.4, 0.5) is 5.69 Å². The molecule has 196 valence electrons. The van der Waals surface area contributed by atoms with Gasteiger partial charge in [-0.1, -0.05) is 81.7 Å². The smallest absolute Gasteiger partial charge is 0.254 e. The van der Waals surface area contributed by atoms with Gasteiger partial charge in [0, 0.05) is 12.1 Å². The van der Waals surface area contributed by atoms with E-state index in [1.165, 1.54) is 19.3 Å². The first-order valence-corrected chi connectivity index (χ1v) is 13.5. The van der Waals surface area contributed by atoms with Crippen molar-refractivity contribution in [3.63, 3.8) is 0 Å². The molecule has 1 aliphatic carbocycles. The molecule has 4 rings (SSSR count). The van der Waals surface area contributed by atoms with Crippen molar-refractivity contribution in [2.75, 3.05) is 11.4 Å². The topological polar surface area (TPSA) is 92.5 Å². The van der Waals surface area contributed by atoms with Crippen LogP contribution in [-0.2, 0) is 14.4 Å². The predicted octanol–water partition coefficient (Wildman–Crippen LogP) is 5.39. The van der Waals surface area contributed by atoms with Gasteiger partial charge >= 0.3 is 0 Å². The van der Waals surface area contributed by atoms with Crippen LogP contribution in [0.15, 0.2) is 61.2 Å². The van der Waals surface area contributed by atoms with Crippen molar-refractivity contribution in [2.24, 2.45) is 29.4 Å². The summed E-state index contributed by atoms with van der Waals surface area (Å²) in [5.41, 5.74) is 9.28. The molecule has 3 amide bonds. The number of nitrogens with zero attached hydrogens (tertiary/aromatic N) is 1. The van der Waals surface area contributed by atoms with Gasteiger partial charge in [0.1, 0.15) is 6.04 Å². The minimum atomic E-state index is -0.857. The number of primary amides is 1. The lowest BCUT2D eigenvalue weighted by Crippen LogP contribution is -2.47. The number of carbonyl (C=O) groups is 3. The Labute approximate surface area is 220 Å². The lowest BCUT2D eigenvalue weighted by atomic mass is 9.82. The number of fused-ring (bicyclic) bond motifs is 3. The molecule has 0 saturated heterocycles. The summed E-state index contributed by atoms with van der Waals surface area (Å²) in [7, 11) is 0. The number of allylic oxidation sites excluding steroid dienone is 1. The van der Waals surface area contributed by atoms with Crippen molar-refractivity contribution in [1.82, 2.24) is 5.32 Å². The second kappa shape index (κ2) is 11.8. The quantitative estimate of drug-likeness (QED) is 0.405. The molecule has 37 heavy (non-hydrogen) atoms. The molecule has 0 aromatic heterocycles. The number of nitrogens with one attached hydrogen (secondary N) is 1. The standard InChI is InChI=1S/C31H39N3O3/c1-4-10-25(29(32)35)26(19-20(2)3)30(36)33-28-24-15-6-5-13-22(24)23-14-7-8-16-27(23)34(31(28)37)18-17-21-11-9-12-21/h4-8,13-16,20-21,25-26,28H,1,9-12,17-19H2,2-3H3,(H2,32,35)(H,33,36)/t25-,26+,28?/m0/s1. The number of benzene rings is 2. The molecule has 0 spiro atoms. The zero-order valence-electron chi connectivity index (χ0n) is 22.0. The van der Waals surface area contributed by atoms with Crippen LogP contribution >= 0.6 is 0 Å². The minimum Gasteiger partial charge on any atom is -0.369 e. The lowest BCUT2D eigenvalue weighted by molar-refractivity contribution is -0.135. The van der Waals surface area contributed by atoms with Crippen molar-refractivity contribution in [2.45, 2.75) is 58.4 Å². The second-order valence-corrected chi connectivity index (χ2v) is 10.9. The number of rotatable bonds is 11. The first-order chi connectivity index (χ1) is 17.8. The zero-order valence-corrected chi connectivity index (χ0v) is 22.0. The van der Waals surface area contributed by atoms with E-state index in [1.54, 1.807) is 6.08 Å². The van der Waals surface area contributed by atoms with Gasteiger partial charge in [-0.15, -0.1) is 6.58 Å². The summed E-state index contributed by atoms with van der Waals surface area (Å²) in [6.07, 6.45) is 7.03. The predicted molar refractivity (Wildman–Crippen MR) is 148 cm³/mol. The van der Waals surface area contributed by atoms with Crippen molar-refractivity contribution >= 4 is 23.4 Å². The number of amides is 3. The molecule has 3 atom stereocenters. The molecule has 1 heterocycles. The van der Waals surface area contributed by atoms with Crippen LogP contribution in [0.1, 0.15) is 64.0 Å². The third-order valence-corrected chi connectivity index (χ3v) is 7.88. The Hall–Kier alpha value is -3.41. The van der Waals surface area contributed by atoms with Gasteiger partial charge in [0.2, 0.25) is 11.8 Å². The fraction of sp³-hybridized carbons (Fsp3) is 0.452. The molecular formula is C31H39N3O3. The molecule has 1 saturated carbocycles.